The monoisotopic (exact) mass is 295 g/mol. The summed E-state index contributed by atoms with van der Waals surface area (Å²) in [7, 11) is 2.77. The maximum Gasteiger partial charge on any atom is 0.264 e. The third-order valence-corrected chi connectivity index (χ3v) is 2.89. The molecule has 0 unspecified atom stereocenters. The molecule has 0 N–H and O–H groups in total. The van der Waals surface area contributed by atoms with Gasteiger partial charge in [-0.1, -0.05) is 51.9 Å². The van der Waals surface area contributed by atoms with Crippen LogP contribution in [0.3, 0.4) is 0 Å². The molecule has 4 nitrogen and oxygen atoms in total. The van der Waals surface area contributed by atoms with E-state index in [1.54, 1.807) is 0 Å². The van der Waals surface area contributed by atoms with Crippen molar-refractivity contribution in [3.63, 3.8) is 0 Å². The van der Waals surface area contributed by atoms with Crippen LogP contribution in [0.15, 0.2) is 0 Å². The topological polar surface area (TPSA) is 46.6 Å². The molecule has 0 saturated carbocycles. The van der Waals surface area contributed by atoms with Crippen molar-refractivity contribution < 1.29 is 12.6 Å². The van der Waals surface area contributed by atoms with Gasteiger partial charge in [-0.2, -0.15) is 8.42 Å². The summed E-state index contributed by atoms with van der Waals surface area (Å²) >= 11 is 0. The first-order valence-corrected chi connectivity index (χ1v) is 9.06. The van der Waals surface area contributed by atoms with Crippen LogP contribution in [0.1, 0.15) is 58.3 Å². The van der Waals surface area contributed by atoms with Crippen molar-refractivity contribution in [2.45, 2.75) is 58.3 Å². The lowest BCUT2D eigenvalue weighted by Crippen LogP contribution is -2.03. The average Bonchev–Trinajstić information content (AvgIpc) is 2.24. The third-order valence-electron chi connectivity index (χ3n) is 2.30. The van der Waals surface area contributed by atoms with Crippen molar-refractivity contribution in [3.8, 4) is 0 Å². The quantitative estimate of drug-likeness (QED) is 0.458. The second-order valence-electron chi connectivity index (χ2n) is 5.34. The molecular weight excluding hydrogens is 262 g/mol. The van der Waals surface area contributed by atoms with Crippen LogP contribution in [0.4, 0.5) is 0 Å². The Hall–Kier alpha value is -0.130. The van der Waals surface area contributed by atoms with Gasteiger partial charge in [-0.15, -0.1) is 0 Å². The number of hydrogen-bond donors (Lipinski definition) is 0. The van der Waals surface area contributed by atoms with Crippen molar-refractivity contribution in [2.75, 3.05) is 34.0 Å². The molecule has 0 saturated heterocycles. The molecule has 118 valence electrons. The predicted molar refractivity (Wildman–Crippen MR) is 83.0 cm³/mol. The minimum atomic E-state index is -3.23. The first-order valence-electron chi connectivity index (χ1n) is 7.25. The van der Waals surface area contributed by atoms with Gasteiger partial charge in [0.15, 0.2) is 0 Å². The standard InChI is InChI=1S/C11H24O3S.C3H9N/c1-3-4-5-6-7-8-9-10-11-14-15(2,12)13;1-4(2)3/h3-11H2,1-2H3;1-3H3. The second kappa shape index (κ2) is 14.3. The molecule has 0 aromatic heterocycles. The number of rotatable bonds is 10. The number of nitrogens with zero attached hydrogens (tertiary/aromatic N) is 1. The van der Waals surface area contributed by atoms with Crippen LogP contribution in [0.2, 0.25) is 0 Å². The Morgan fingerprint density at radius 2 is 1.21 bits per heavy atom. The Balaban J connectivity index is 0. The van der Waals surface area contributed by atoms with Crippen LogP contribution >= 0.6 is 0 Å². The van der Waals surface area contributed by atoms with Crippen LogP contribution in [0.5, 0.6) is 0 Å². The SMILES string of the molecule is CCCCCCCCCCOS(C)(=O)=O.CN(C)C. The Labute approximate surface area is 120 Å². The first-order chi connectivity index (χ1) is 8.79. The Bertz CT molecular complexity index is 261. The summed E-state index contributed by atoms with van der Waals surface area (Å²) in [6.07, 6.45) is 10.7. The fourth-order valence-corrected chi connectivity index (χ4v) is 1.87. The van der Waals surface area contributed by atoms with Gasteiger partial charge in [0.25, 0.3) is 10.1 Å². The molecule has 0 aromatic carbocycles. The molecule has 0 heterocycles. The number of unbranched alkanes of at least 4 members (excludes halogenated alkanes) is 7. The Kier molecular flexibility index (Phi) is 15.9. The lowest BCUT2D eigenvalue weighted by molar-refractivity contribution is 0.309. The van der Waals surface area contributed by atoms with Gasteiger partial charge in [0, 0.05) is 0 Å². The van der Waals surface area contributed by atoms with Gasteiger partial charge in [0.1, 0.15) is 0 Å². The largest absolute Gasteiger partial charge is 0.312 e. The van der Waals surface area contributed by atoms with E-state index in [-0.39, 0.29) is 0 Å². The van der Waals surface area contributed by atoms with Crippen LogP contribution in [-0.2, 0) is 14.3 Å². The van der Waals surface area contributed by atoms with E-state index in [0.717, 1.165) is 19.1 Å². The molecule has 0 atom stereocenters. The summed E-state index contributed by atoms with van der Waals surface area (Å²) in [5.41, 5.74) is 0. The third kappa shape index (κ3) is 31.9. The molecular formula is C14H33NO3S. The van der Waals surface area contributed by atoms with Crippen LogP contribution in [0.25, 0.3) is 0 Å². The summed E-state index contributed by atoms with van der Waals surface area (Å²) in [5, 5.41) is 0. The van der Waals surface area contributed by atoms with E-state index in [0.29, 0.717) is 6.61 Å². The van der Waals surface area contributed by atoms with Crippen molar-refractivity contribution in [1.29, 1.82) is 0 Å². The molecule has 0 aromatic rings. The zero-order valence-corrected chi connectivity index (χ0v) is 14.3. The summed E-state index contributed by atoms with van der Waals surface area (Å²) in [4.78, 5) is 2.00. The van der Waals surface area contributed by atoms with Crippen molar-refractivity contribution in [1.82, 2.24) is 4.90 Å². The van der Waals surface area contributed by atoms with Gasteiger partial charge in [-0.3, -0.25) is 4.18 Å². The molecule has 0 radical (unpaired) electrons. The van der Waals surface area contributed by atoms with E-state index >= 15 is 0 Å². The summed E-state index contributed by atoms with van der Waals surface area (Å²) in [6, 6.07) is 0. The van der Waals surface area contributed by atoms with Gasteiger partial charge in [0.05, 0.1) is 12.9 Å². The van der Waals surface area contributed by atoms with E-state index in [9.17, 15) is 8.42 Å². The van der Waals surface area contributed by atoms with Crippen LogP contribution in [0, 0.1) is 0 Å². The smallest absolute Gasteiger partial charge is 0.264 e. The molecule has 0 fully saturated rings. The summed E-state index contributed by atoms with van der Waals surface area (Å²) < 4.78 is 25.9. The zero-order valence-electron chi connectivity index (χ0n) is 13.4. The van der Waals surface area contributed by atoms with Crippen molar-refractivity contribution in [2.24, 2.45) is 0 Å². The Morgan fingerprint density at radius 3 is 1.58 bits per heavy atom. The highest BCUT2D eigenvalue weighted by Crippen LogP contribution is 2.08. The minimum absolute atomic E-state index is 0.341. The fourth-order valence-electron chi connectivity index (χ4n) is 1.45. The second-order valence-corrected chi connectivity index (χ2v) is 6.99. The van der Waals surface area contributed by atoms with E-state index < -0.39 is 10.1 Å². The zero-order chi connectivity index (χ0) is 15.1. The number of hydrogen-bond acceptors (Lipinski definition) is 4. The molecule has 19 heavy (non-hydrogen) atoms. The van der Waals surface area contributed by atoms with E-state index in [1.807, 2.05) is 26.0 Å². The molecule has 0 rings (SSSR count). The highest BCUT2D eigenvalue weighted by Gasteiger charge is 1.99. The maximum atomic E-state index is 10.6. The maximum absolute atomic E-state index is 10.6. The molecule has 0 aliphatic carbocycles. The lowest BCUT2D eigenvalue weighted by Gasteiger charge is -2.02. The van der Waals surface area contributed by atoms with Crippen molar-refractivity contribution in [3.05, 3.63) is 0 Å². The van der Waals surface area contributed by atoms with Crippen molar-refractivity contribution >= 4 is 10.1 Å². The minimum Gasteiger partial charge on any atom is -0.312 e. The normalized spacial score (nSPS) is 11.3. The summed E-state index contributed by atoms with van der Waals surface area (Å²) in [5.74, 6) is 0. The Morgan fingerprint density at radius 1 is 0.842 bits per heavy atom. The lowest BCUT2D eigenvalue weighted by atomic mass is 10.1. The molecule has 0 aliphatic heterocycles. The molecule has 0 aliphatic rings. The highest BCUT2D eigenvalue weighted by molar-refractivity contribution is 7.85. The van der Waals surface area contributed by atoms with Gasteiger partial charge in [-0.25, -0.2) is 0 Å². The average molecular weight is 295 g/mol. The van der Waals surface area contributed by atoms with Gasteiger partial charge < -0.3 is 4.90 Å². The van der Waals surface area contributed by atoms with Gasteiger partial charge in [-0.05, 0) is 27.6 Å². The molecule has 5 heteroatoms. The molecule has 0 bridgehead atoms. The first kappa shape index (κ1) is 21.2. The van der Waals surface area contributed by atoms with E-state index in [2.05, 4.69) is 11.1 Å². The summed E-state index contributed by atoms with van der Waals surface area (Å²) in [6.45, 7) is 2.55. The predicted octanol–water partition coefficient (Wildman–Crippen LogP) is 3.28. The van der Waals surface area contributed by atoms with Gasteiger partial charge >= 0.3 is 0 Å². The van der Waals surface area contributed by atoms with Gasteiger partial charge in [0.2, 0.25) is 0 Å². The highest BCUT2D eigenvalue weighted by atomic mass is 32.2. The van der Waals surface area contributed by atoms with Crippen LogP contribution in [-0.4, -0.2) is 47.3 Å². The van der Waals surface area contributed by atoms with E-state index in [1.165, 1.54) is 38.5 Å². The molecule has 0 amide bonds. The molecule has 0 spiro atoms. The van der Waals surface area contributed by atoms with E-state index in [4.69, 9.17) is 0 Å². The fraction of sp³-hybridized carbons (Fsp3) is 1.00. The van der Waals surface area contributed by atoms with Crippen LogP contribution < -0.4 is 0 Å².